The lowest BCUT2D eigenvalue weighted by molar-refractivity contribution is 0.0709. The fourth-order valence-electron chi connectivity index (χ4n) is 5.24. The molecule has 0 saturated carbocycles. The summed E-state index contributed by atoms with van der Waals surface area (Å²) >= 11 is 3.57. The number of halogens is 1. The number of hydrogen-bond acceptors (Lipinski definition) is 3. The van der Waals surface area contributed by atoms with Gasteiger partial charge in [-0.25, -0.2) is 0 Å². The van der Waals surface area contributed by atoms with E-state index >= 15 is 0 Å². The lowest BCUT2D eigenvalue weighted by atomic mass is 9.75. The number of benzene rings is 3. The van der Waals surface area contributed by atoms with Crippen LogP contribution in [0.2, 0.25) is 0 Å². The molecule has 192 valence electrons. The largest absolute Gasteiger partial charge is 0.493 e. The summed E-state index contributed by atoms with van der Waals surface area (Å²) < 4.78 is 19.2. The van der Waals surface area contributed by atoms with Crippen LogP contribution in [0.3, 0.4) is 0 Å². The van der Waals surface area contributed by atoms with Crippen molar-refractivity contribution in [1.29, 1.82) is 0 Å². The molecule has 2 atom stereocenters. The molecule has 0 bridgehead atoms. The number of methoxy groups -OCH3 is 2. The fourth-order valence-corrected chi connectivity index (χ4v) is 5.50. The molecule has 1 heterocycles. The first-order valence-electron chi connectivity index (χ1n) is 12.7. The van der Waals surface area contributed by atoms with Crippen LogP contribution in [0, 0.1) is 12.8 Å². The Hall–Kier alpha value is -3.76. The first-order valence-corrected chi connectivity index (χ1v) is 13.5. The van der Waals surface area contributed by atoms with Gasteiger partial charge in [0, 0.05) is 16.0 Å². The van der Waals surface area contributed by atoms with Crippen molar-refractivity contribution in [1.82, 2.24) is 0 Å². The molecule has 4 heteroatoms. The monoisotopic (exact) mass is 566 g/mol. The van der Waals surface area contributed by atoms with Gasteiger partial charge in [0.2, 0.25) is 0 Å². The van der Waals surface area contributed by atoms with Crippen LogP contribution in [0.4, 0.5) is 0 Å². The Bertz CT molecular complexity index is 1460. The van der Waals surface area contributed by atoms with Crippen LogP contribution < -0.4 is 4.74 Å². The zero-order chi connectivity index (χ0) is 26.7. The molecule has 0 fully saturated rings. The van der Waals surface area contributed by atoms with E-state index in [2.05, 4.69) is 120 Å². The van der Waals surface area contributed by atoms with Gasteiger partial charge < -0.3 is 14.2 Å². The van der Waals surface area contributed by atoms with E-state index in [1.807, 2.05) is 12.1 Å². The second-order valence-electron chi connectivity index (χ2n) is 9.47. The smallest absolute Gasteiger partial charge is 0.160 e. The molecule has 1 aliphatic heterocycles. The molecular formula is C34H31BrO3. The maximum Gasteiger partial charge on any atom is 0.160 e. The van der Waals surface area contributed by atoms with E-state index in [9.17, 15) is 0 Å². The number of rotatable bonds is 7. The fraction of sp³-hybridized carbons (Fsp3) is 0.176. The van der Waals surface area contributed by atoms with Crippen LogP contribution in [-0.2, 0) is 15.1 Å². The summed E-state index contributed by atoms with van der Waals surface area (Å²) in [6, 6.07) is 21.0. The van der Waals surface area contributed by atoms with Crippen LogP contribution >= 0.6 is 15.9 Å². The van der Waals surface area contributed by atoms with Crippen molar-refractivity contribution in [2.45, 2.75) is 18.9 Å². The minimum absolute atomic E-state index is 0.167. The predicted octanol–water partition coefficient (Wildman–Crippen LogP) is 9.01. The van der Waals surface area contributed by atoms with Gasteiger partial charge in [-0.05, 0) is 71.5 Å². The summed E-state index contributed by atoms with van der Waals surface area (Å²) in [5.74, 6) is 2.07. The average Bonchev–Trinajstić information content (AvgIpc) is 2.97. The van der Waals surface area contributed by atoms with Gasteiger partial charge in [0.15, 0.2) is 17.1 Å². The van der Waals surface area contributed by atoms with Gasteiger partial charge in [0.05, 0.1) is 14.2 Å². The molecule has 5 rings (SSSR count). The van der Waals surface area contributed by atoms with E-state index in [1.165, 1.54) is 0 Å². The topological polar surface area (TPSA) is 27.7 Å². The van der Waals surface area contributed by atoms with Crippen molar-refractivity contribution >= 4 is 28.1 Å². The molecular weight excluding hydrogens is 536 g/mol. The summed E-state index contributed by atoms with van der Waals surface area (Å²) in [5, 5.41) is 0. The molecule has 0 aromatic heterocycles. The van der Waals surface area contributed by atoms with Gasteiger partial charge in [-0.15, -0.1) is 0 Å². The third-order valence-electron chi connectivity index (χ3n) is 7.34. The number of allylic oxidation sites excluding steroid dienone is 3. The van der Waals surface area contributed by atoms with Gasteiger partial charge in [-0.3, -0.25) is 0 Å². The van der Waals surface area contributed by atoms with Crippen molar-refractivity contribution in [3.05, 3.63) is 136 Å². The lowest BCUT2D eigenvalue weighted by Crippen LogP contribution is -2.40. The lowest BCUT2D eigenvalue weighted by Gasteiger charge is -2.41. The molecule has 3 nitrogen and oxygen atoms in total. The molecule has 1 aliphatic carbocycles. The van der Waals surface area contributed by atoms with E-state index in [4.69, 9.17) is 14.2 Å². The highest BCUT2D eigenvalue weighted by Gasteiger charge is 2.42. The van der Waals surface area contributed by atoms with Gasteiger partial charge in [-0.1, -0.05) is 95.4 Å². The Morgan fingerprint density at radius 1 is 1.05 bits per heavy atom. The van der Waals surface area contributed by atoms with E-state index in [-0.39, 0.29) is 5.92 Å². The molecule has 0 saturated heterocycles. The molecule has 2 unspecified atom stereocenters. The minimum Gasteiger partial charge on any atom is -0.493 e. The summed E-state index contributed by atoms with van der Waals surface area (Å²) in [6.07, 6.45) is 16.0. The number of hydrogen-bond donors (Lipinski definition) is 0. The second-order valence-corrected chi connectivity index (χ2v) is 10.4. The highest BCUT2D eigenvalue weighted by atomic mass is 79.9. The van der Waals surface area contributed by atoms with Crippen molar-refractivity contribution < 1.29 is 14.2 Å². The second kappa shape index (κ2) is 10.9. The van der Waals surface area contributed by atoms with E-state index in [1.54, 1.807) is 14.2 Å². The first-order chi connectivity index (χ1) is 18.5. The average molecular weight is 568 g/mol. The first kappa shape index (κ1) is 25.9. The molecule has 0 radical (unpaired) electrons. The van der Waals surface area contributed by atoms with Gasteiger partial charge in [0.1, 0.15) is 5.75 Å². The van der Waals surface area contributed by atoms with Gasteiger partial charge in [0.25, 0.3) is 0 Å². The molecule has 38 heavy (non-hydrogen) atoms. The SMILES string of the molecule is C=C(OC)/C(=C\c1c(-c2ccc(Br)cc2)cc2c(c1C)C=CC(c1ccccc1)(C1C=CC=CC1)O2)OC. The highest BCUT2D eigenvalue weighted by molar-refractivity contribution is 9.10. The zero-order valence-electron chi connectivity index (χ0n) is 21.9. The van der Waals surface area contributed by atoms with E-state index in [0.717, 1.165) is 50.0 Å². The Balaban J connectivity index is 1.72. The number of ether oxygens (including phenoxy) is 3. The van der Waals surface area contributed by atoms with E-state index in [0.29, 0.717) is 11.5 Å². The quantitative estimate of drug-likeness (QED) is 0.211. The zero-order valence-corrected chi connectivity index (χ0v) is 23.5. The summed E-state index contributed by atoms with van der Waals surface area (Å²) in [7, 11) is 3.23. The van der Waals surface area contributed by atoms with Crippen LogP contribution in [0.15, 0.2) is 114 Å². The highest BCUT2D eigenvalue weighted by Crippen LogP contribution is 2.48. The molecule has 0 spiro atoms. The van der Waals surface area contributed by atoms with Crippen LogP contribution in [-0.4, -0.2) is 14.2 Å². The Morgan fingerprint density at radius 2 is 1.82 bits per heavy atom. The predicted molar refractivity (Wildman–Crippen MR) is 160 cm³/mol. The Morgan fingerprint density at radius 3 is 2.47 bits per heavy atom. The maximum absolute atomic E-state index is 7.09. The van der Waals surface area contributed by atoms with Gasteiger partial charge >= 0.3 is 0 Å². The standard InChI is InChI=1S/C34H31BrO3/c1-23-29-19-20-34(26-11-7-5-8-12-26,27-13-9-6-10-14-27)38-33(29)22-31(25-15-17-28(35)18-16-25)30(23)21-32(37-4)24(2)36-3/h5-13,15-22,27H,2,14H2,1,3-4H3/b32-21+. The van der Waals surface area contributed by atoms with Crippen molar-refractivity contribution in [3.63, 3.8) is 0 Å². The van der Waals surface area contributed by atoms with Crippen LogP contribution in [0.1, 0.15) is 28.7 Å². The molecule has 0 N–H and O–H groups in total. The third kappa shape index (κ3) is 4.77. The third-order valence-corrected chi connectivity index (χ3v) is 7.87. The van der Waals surface area contributed by atoms with Crippen LogP contribution in [0.5, 0.6) is 5.75 Å². The van der Waals surface area contributed by atoms with Crippen molar-refractivity contribution in [3.8, 4) is 16.9 Å². The maximum atomic E-state index is 7.09. The molecule has 2 aliphatic rings. The summed E-state index contributed by atoms with van der Waals surface area (Å²) in [6.45, 7) is 6.13. The molecule has 3 aromatic rings. The normalized spacial score (nSPS) is 20.0. The molecule has 0 amide bonds. The Labute approximate surface area is 233 Å². The van der Waals surface area contributed by atoms with Crippen LogP contribution in [0.25, 0.3) is 23.3 Å². The Kier molecular flexibility index (Phi) is 7.44. The number of fused-ring (bicyclic) bond motifs is 1. The van der Waals surface area contributed by atoms with Crippen molar-refractivity contribution in [2.24, 2.45) is 5.92 Å². The van der Waals surface area contributed by atoms with Gasteiger partial charge in [-0.2, -0.15) is 0 Å². The minimum atomic E-state index is -0.613. The summed E-state index contributed by atoms with van der Waals surface area (Å²) in [4.78, 5) is 0. The van der Waals surface area contributed by atoms with E-state index < -0.39 is 5.60 Å². The van der Waals surface area contributed by atoms with Crippen molar-refractivity contribution in [2.75, 3.05) is 14.2 Å². The summed E-state index contributed by atoms with van der Waals surface area (Å²) in [5.41, 5.74) is 5.82. The molecule has 3 aromatic carbocycles.